The molecule has 6 nitrogen and oxygen atoms in total. The smallest absolute Gasteiger partial charge is 0.431 e. The highest BCUT2D eigenvalue weighted by molar-refractivity contribution is 5.94. The minimum absolute atomic E-state index is 0.384. The molecule has 1 amide bonds. The van der Waals surface area contributed by atoms with Crippen LogP contribution < -0.4 is 20.9 Å². The maximum atomic E-state index is 12.9. The number of amides is 1. The molecule has 5 rings (SSSR count). The van der Waals surface area contributed by atoms with Crippen molar-refractivity contribution in [3.63, 3.8) is 0 Å². The Labute approximate surface area is 181 Å². The number of aromatic nitrogens is 1. The van der Waals surface area contributed by atoms with Gasteiger partial charge in [0.15, 0.2) is 0 Å². The Morgan fingerprint density at radius 3 is 2.66 bits per heavy atom. The summed E-state index contributed by atoms with van der Waals surface area (Å²) in [6.45, 7) is 1.79. The molecule has 1 fully saturated rings. The number of aromatic amines is 1. The maximum Gasteiger partial charge on any atom is 0.431 e. The van der Waals surface area contributed by atoms with E-state index in [1.54, 1.807) is 4.98 Å². The highest BCUT2D eigenvalue weighted by Gasteiger charge is 2.34. The normalized spacial score (nSPS) is 20.2. The lowest BCUT2D eigenvalue weighted by Crippen LogP contribution is -2.40. The average molecular weight is 443 g/mol. The van der Waals surface area contributed by atoms with Gasteiger partial charge in [0.05, 0.1) is 6.04 Å². The summed E-state index contributed by atoms with van der Waals surface area (Å²) in [6.07, 6.45) is 0.639. The van der Waals surface area contributed by atoms with Crippen LogP contribution in [0.2, 0.25) is 0 Å². The summed E-state index contributed by atoms with van der Waals surface area (Å²) in [7, 11) is 0. The molecule has 1 aromatic carbocycles. The Morgan fingerprint density at radius 1 is 1.16 bits per heavy atom. The number of benzene rings is 1. The molecule has 0 bridgehead atoms. The quantitative estimate of drug-likeness (QED) is 0.678. The van der Waals surface area contributed by atoms with Crippen molar-refractivity contribution in [3.8, 4) is 5.75 Å². The minimum atomic E-state index is -4.70. The van der Waals surface area contributed by atoms with Crippen LogP contribution in [-0.2, 0) is 6.18 Å². The van der Waals surface area contributed by atoms with Crippen molar-refractivity contribution >= 4 is 5.91 Å². The van der Waals surface area contributed by atoms with Crippen LogP contribution in [0.4, 0.5) is 13.2 Å². The number of H-pyrrole nitrogens is 1. The number of alkyl halides is 3. The number of rotatable bonds is 3. The third kappa shape index (κ3) is 3.62. The van der Waals surface area contributed by atoms with E-state index in [0.29, 0.717) is 24.2 Å². The molecule has 2 aromatic rings. The molecule has 0 spiro atoms. The molecule has 32 heavy (non-hydrogen) atoms. The van der Waals surface area contributed by atoms with Crippen molar-refractivity contribution in [2.45, 2.75) is 31.0 Å². The Bertz CT molecular complexity index is 1210. The predicted molar refractivity (Wildman–Crippen MR) is 110 cm³/mol. The molecule has 166 valence electrons. The molecular formula is C23H20F3N3O3. The molecular weight excluding hydrogens is 423 g/mol. The number of fused-ring (bicyclic) bond motifs is 1. The van der Waals surface area contributed by atoms with E-state index in [2.05, 4.69) is 10.6 Å². The molecule has 1 unspecified atom stereocenters. The van der Waals surface area contributed by atoms with Gasteiger partial charge in [-0.2, -0.15) is 13.2 Å². The largest absolute Gasteiger partial charge is 0.461 e. The number of allylic oxidation sites excluding steroid dienone is 2. The van der Waals surface area contributed by atoms with Gasteiger partial charge >= 0.3 is 6.18 Å². The maximum absolute atomic E-state index is 12.9. The van der Waals surface area contributed by atoms with Gasteiger partial charge in [-0.25, -0.2) is 0 Å². The van der Waals surface area contributed by atoms with E-state index < -0.39 is 29.4 Å². The van der Waals surface area contributed by atoms with E-state index in [1.165, 1.54) is 0 Å². The van der Waals surface area contributed by atoms with Crippen LogP contribution in [0.3, 0.4) is 0 Å². The summed E-state index contributed by atoms with van der Waals surface area (Å²) in [5.74, 6) is 1.05. The number of hydrogen-bond donors (Lipinski definition) is 3. The monoisotopic (exact) mass is 443 g/mol. The SMILES string of the molecule is O=C(NC1C2=C(CCC=C2)Oc2cc(C3CNC3)ccc21)c1ccc(C(F)(F)F)[nH]c1=O. The second kappa shape index (κ2) is 7.67. The molecule has 1 aromatic heterocycles. The summed E-state index contributed by atoms with van der Waals surface area (Å²) < 4.78 is 44.7. The first-order chi connectivity index (χ1) is 15.3. The minimum Gasteiger partial charge on any atom is -0.461 e. The van der Waals surface area contributed by atoms with Crippen LogP contribution in [0.25, 0.3) is 0 Å². The Morgan fingerprint density at radius 2 is 1.97 bits per heavy atom. The van der Waals surface area contributed by atoms with Gasteiger partial charge in [-0.05, 0) is 30.2 Å². The highest BCUT2D eigenvalue weighted by Crippen LogP contribution is 2.42. The lowest BCUT2D eigenvalue weighted by molar-refractivity contribution is -0.141. The first-order valence-electron chi connectivity index (χ1n) is 10.3. The van der Waals surface area contributed by atoms with Crippen LogP contribution >= 0.6 is 0 Å². The zero-order valence-corrected chi connectivity index (χ0v) is 16.9. The molecule has 3 N–H and O–H groups in total. The number of ether oxygens (including phenoxy) is 1. The van der Waals surface area contributed by atoms with Crippen molar-refractivity contribution < 1.29 is 22.7 Å². The Hall–Kier alpha value is -3.33. The van der Waals surface area contributed by atoms with Crippen LogP contribution in [-0.4, -0.2) is 24.0 Å². The van der Waals surface area contributed by atoms with Gasteiger partial charge in [0.2, 0.25) is 0 Å². The average Bonchev–Trinajstić information content (AvgIpc) is 2.71. The van der Waals surface area contributed by atoms with E-state index in [1.807, 2.05) is 30.4 Å². The van der Waals surface area contributed by atoms with Gasteiger partial charge < -0.3 is 20.4 Å². The fourth-order valence-electron chi connectivity index (χ4n) is 4.17. The topological polar surface area (TPSA) is 83.2 Å². The number of halogens is 3. The molecule has 1 aliphatic carbocycles. The second-order valence-electron chi connectivity index (χ2n) is 8.09. The first kappa shape index (κ1) is 20.6. The fraction of sp³-hybridized carbons (Fsp3) is 0.304. The standard InChI is InChI=1S/C23H20F3N3O3/c24-23(25,26)19-8-7-16(21(30)28-19)22(31)29-20-14-3-1-2-4-17(14)32-18-9-12(5-6-15(18)20)13-10-27-11-13/h1,3,5-9,13,20,27H,2,4,10-11H2,(H,28,30)(H,29,31). The van der Waals surface area contributed by atoms with Gasteiger partial charge in [0, 0.05) is 36.6 Å². The number of carbonyl (C=O) groups is 1. The second-order valence-corrected chi connectivity index (χ2v) is 8.09. The fourth-order valence-corrected chi connectivity index (χ4v) is 4.17. The van der Waals surface area contributed by atoms with E-state index in [0.717, 1.165) is 48.0 Å². The summed E-state index contributed by atoms with van der Waals surface area (Å²) in [6, 6.07) is 6.89. The summed E-state index contributed by atoms with van der Waals surface area (Å²) in [5, 5.41) is 6.06. The van der Waals surface area contributed by atoms with Gasteiger partial charge in [0.25, 0.3) is 11.5 Å². The summed E-state index contributed by atoms with van der Waals surface area (Å²) >= 11 is 0. The summed E-state index contributed by atoms with van der Waals surface area (Å²) in [4.78, 5) is 26.8. The molecule has 1 atom stereocenters. The number of carbonyl (C=O) groups excluding carboxylic acids is 1. The van der Waals surface area contributed by atoms with Crippen molar-refractivity contribution in [1.29, 1.82) is 0 Å². The zero-order valence-electron chi connectivity index (χ0n) is 16.9. The van der Waals surface area contributed by atoms with E-state index >= 15 is 0 Å². The molecule has 9 heteroatoms. The lowest BCUT2D eigenvalue weighted by Gasteiger charge is -2.33. The molecule has 3 heterocycles. The number of pyridine rings is 1. The van der Waals surface area contributed by atoms with Crippen molar-refractivity contribution in [3.05, 3.63) is 86.6 Å². The van der Waals surface area contributed by atoms with Crippen LogP contribution in [0.5, 0.6) is 5.75 Å². The van der Waals surface area contributed by atoms with E-state index in [-0.39, 0.29) is 5.56 Å². The van der Waals surface area contributed by atoms with E-state index in [9.17, 15) is 22.8 Å². The Kier molecular flexibility index (Phi) is 4.93. The van der Waals surface area contributed by atoms with Crippen LogP contribution in [0.1, 0.15) is 52.0 Å². The van der Waals surface area contributed by atoms with Crippen molar-refractivity contribution in [2.24, 2.45) is 0 Å². The molecule has 0 radical (unpaired) electrons. The van der Waals surface area contributed by atoms with Gasteiger partial charge in [-0.15, -0.1) is 0 Å². The van der Waals surface area contributed by atoms with E-state index in [4.69, 9.17) is 4.74 Å². The first-order valence-corrected chi connectivity index (χ1v) is 10.3. The third-order valence-corrected chi connectivity index (χ3v) is 6.04. The molecule has 2 aliphatic heterocycles. The van der Waals surface area contributed by atoms with Crippen LogP contribution in [0.15, 0.2) is 58.6 Å². The number of hydrogen-bond acceptors (Lipinski definition) is 4. The molecule has 1 saturated heterocycles. The zero-order chi connectivity index (χ0) is 22.5. The van der Waals surface area contributed by atoms with Gasteiger partial charge in [-0.3, -0.25) is 9.59 Å². The molecule has 3 aliphatic rings. The van der Waals surface area contributed by atoms with Gasteiger partial charge in [-0.1, -0.05) is 24.3 Å². The van der Waals surface area contributed by atoms with Gasteiger partial charge in [0.1, 0.15) is 22.8 Å². The molecule has 0 saturated carbocycles. The lowest BCUT2D eigenvalue weighted by atomic mass is 9.87. The van der Waals surface area contributed by atoms with Crippen molar-refractivity contribution in [2.75, 3.05) is 13.1 Å². The predicted octanol–water partition coefficient (Wildman–Crippen LogP) is 3.55. The third-order valence-electron chi connectivity index (χ3n) is 6.04. The summed E-state index contributed by atoms with van der Waals surface area (Å²) in [5.41, 5.74) is -0.0201. The Balaban J connectivity index is 1.48. The highest BCUT2D eigenvalue weighted by atomic mass is 19.4. The van der Waals surface area contributed by atoms with Crippen LogP contribution in [0, 0.1) is 0 Å². The number of nitrogens with one attached hydrogen (secondary N) is 3. The van der Waals surface area contributed by atoms with Crippen molar-refractivity contribution in [1.82, 2.24) is 15.6 Å².